The monoisotopic (exact) mass is 1060 g/mol. The maximum absolute atomic E-state index is 13.4. The summed E-state index contributed by atoms with van der Waals surface area (Å²) in [7, 11) is 0. The molecular weight excluding hydrogens is 998 g/mol. The summed E-state index contributed by atoms with van der Waals surface area (Å²) in [5, 5.41) is 26.7. The zero-order valence-electron chi connectivity index (χ0n) is 40.9. The van der Waals surface area contributed by atoms with Gasteiger partial charge in [-0.25, -0.2) is 4.98 Å². The fourth-order valence-corrected chi connectivity index (χ4v) is 14.3. The Hall–Kier alpha value is -4.97. The predicted octanol–water partition coefficient (Wildman–Crippen LogP) is 8.63. The molecule has 0 radical (unpaired) electrons. The third-order valence-corrected chi connectivity index (χ3v) is 21.4. The van der Waals surface area contributed by atoms with Gasteiger partial charge in [-0.1, -0.05) is 25.1 Å². The number of ether oxygens (including phenoxy) is 4. The van der Waals surface area contributed by atoms with Crippen LogP contribution in [0.25, 0.3) is 44.6 Å². The molecule has 6 aromatic rings. The summed E-state index contributed by atoms with van der Waals surface area (Å²) in [6, 6.07) is 21.5. The van der Waals surface area contributed by atoms with Gasteiger partial charge in [0.15, 0.2) is 0 Å². The molecule has 0 aliphatic carbocycles. The predicted molar refractivity (Wildman–Crippen MR) is 270 cm³/mol. The molecule has 362 valence electrons. The molecule has 4 aromatic heterocycles. The molecule has 1 fully saturated rings. The van der Waals surface area contributed by atoms with E-state index in [4.69, 9.17) is 28.9 Å². The second kappa shape index (κ2) is 18.6. The number of para-hydroxylation sites is 2. The normalized spacial score (nSPS) is 20.1. The van der Waals surface area contributed by atoms with Crippen molar-refractivity contribution in [1.29, 1.82) is 0 Å². The second-order valence-electron chi connectivity index (χ2n) is 21.4. The third kappa shape index (κ3) is 9.64. The Morgan fingerprint density at radius 3 is 1.77 bits per heavy atom. The van der Waals surface area contributed by atoms with Gasteiger partial charge in [0.1, 0.15) is 5.60 Å². The van der Waals surface area contributed by atoms with Crippen LogP contribution in [0.4, 0.5) is 0 Å². The average molecular weight is 1060 g/mol. The molecule has 0 spiro atoms. The molecule has 0 unspecified atom stereocenters. The number of fused-ring (bicyclic) bond motifs is 10. The first-order valence-corrected chi connectivity index (χ1v) is 39.7. The summed E-state index contributed by atoms with van der Waals surface area (Å²) in [6.45, 7) is 5.96. The molecule has 16 heteroatoms. The number of benzene rings is 2. The number of carbonyl (C=O) groups is 2. The van der Waals surface area contributed by atoms with E-state index in [1.54, 1.807) is 22.1 Å². The summed E-state index contributed by atoms with van der Waals surface area (Å²) in [6.07, 6.45) is 2.53. The van der Waals surface area contributed by atoms with E-state index in [1.807, 2.05) is 61.5 Å². The minimum atomic E-state index is -1.79. The number of hydrogen-bond donors (Lipinski definition) is 2. The van der Waals surface area contributed by atoms with Crippen molar-refractivity contribution >= 4 is 60.3 Å². The molecule has 9 heterocycles. The molecule has 1 saturated heterocycles. The van der Waals surface area contributed by atoms with Gasteiger partial charge in [0.2, 0.25) is 5.75 Å². The van der Waals surface area contributed by atoms with Crippen molar-refractivity contribution in [3.8, 4) is 34.3 Å². The van der Waals surface area contributed by atoms with Gasteiger partial charge in [-0.3, -0.25) is 14.2 Å². The van der Waals surface area contributed by atoms with Crippen molar-refractivity contribution in [3.63, 3.8) is 0 Å². The van der Waals surface area contributed by atoms with Crippen LogP contribution in [0.2, 0.25) is 45.0 Å². The van der Waals surface area contributed by atoms with Crippen LogP contribution in [0.5, 0.6) is 11.5 Å². The Morgan fingerprint density at radius 2 is 1.19 bits per heavy atom. The number of pyridine rings is 4. The third-order valence-electron chi connectivity index (χ3n) is 14.0. The molecule has 2 aromatic carbocycles. The number of esters is 2. The fraction of sp³-hybridized carbons (Fsp3) is 0.434. The molecule has 5 aliphatic rings. The average Bonchev–Trinajstić information content (AvgIpc) is 4.05. The SMILES string of the molecule is CC[C@@]1(O)CC(=O)Oc2c1cc1n(c2=O)Cc2c-1nc1ccccc1c2C[CH2][Ge]([CH3])([CH3])[CH3].CC[C@@]1(O)CC(=O)Oc2c1cc1n(c2=O)Cc2cc3ccccc3nc2-1.[CH3][Ge]([CH3])([CH3])[CH2]CC1OCCO1. The minimum absolute atomic E-state index is 0.0436. The van der Waals surface area contributed by atoms with Crippen LogP contribution in [-0.4, -0.2) is 87.3 Å². The van der Waals surface area contributed by atoms with Crippen LogP contribution >= 0.6 is 0 Å². The van der Waals surface area contributed by atoms with Crippen LogP contribution in [0.1, 0.15) is 73.8 Å². The fourth-order valence-electron chi connectivity index (χ4n) is 9.89. The van der Waals surface area contributed by atoms with Gasteiger partial charge in [0.25, 0.3) is 5.56 Å². The van der Waals surface area contributed by atoms with E-state index in [0.29, 0.717) is 48.4 Å². The van der Waals surface area contributed by atoms with Crippen molar-refractivity contribution in [2.45, 2.75) is 128 Å². The quantitative estimate of drug-likeness (QED) is 0.109. The molecular formula is C53H62Ge2N4O10. The number of aryl methyl sites for hydroxylation is 1. The summed E-state index contributed by atoms with van der Waals surface area (Å²) in [5.41, 5.74) is 5.11. The van der Waals surface area contributed by atoms with Crippen molar-refractivity contribution in [2.24, 2.45) is 0 Å². The Bertz CT molecular complexity index is 3170. The Kier molecular flexibility index (Phi) is 13.3. The van der Waals surface area contributed by atoms with E-state index in [2.05, 4.69) is 40.6 Å². The molecule has 2 atom stereocenters. The number of nitrogens with zero attached hydrogens (tertiary/aromatic N) is 4. The van der Waals surface area contributed by atoms with Crippen LogP contribution in [0.15, 0.2) is 76.3 Å². The first-order valence-electron chi connectivity index (χ1n) is 24.1. The zero-order chi connectivity index (χ0) is 49.2. The van der Waals surface area contributed by atoms with Gasteiger partial charge in [-0.2, -0.15) is 0 Å². The summed E-state index contributed by atoms with van der Waals surface area (Å²) in [4.78, 5) is 60.1. The van der Waals surface area contributed by atoms with Crippen molar-refractivity contribution in [3.05, 3.63) is 115 Å². The molecule has 11 rings (SSSR count). The van der Waals surface area contributed by atoms with Gasteiger partial charge >= 0.3 is 267 Å². The van der Waals surface area contributed by atoms with E-state index in [-0.39, 0.29) is 36.2 Å². The van der Waals surface area contributed by atoms with Gasteiger partial charge < -0.3 is 9.84 Å². The second-order valence-corrected chi connectivity index (χ2v) is 44.9. The molecule has 5 aliphatic heterocycles. The number of aromatic nitrogens is 4. The van der Waals surface area contributed by atoms with Crippen molar-refractivity contribution in [1.82, 2.24) is 19.1 Å². The first kappa shape index (κ1) is 49.0. The number of carbonyl (C=O) groups excluding carboxylic acids is 2. The number of hydrogen-bond acceptors (Lipinski definition) is 12. The number of aliphatic hydroxyl groups is 2. The molecule has 69 heavy (non-hydrogen) atoms. The number of rotatable bonds is 8. The van der Waals surface area contributed by atoms with Crippen LogP contribution in [-0.2, 0) is 49.8 Å². The van der Waals surface area contributed by atoms with Gasteiger partial charge in [0.05, 0.1) is 29.9 Å². The van der Waals surface area contributed by atoms with Gasteiger partial charge in [-0.15, -0.1) is 0 Å². The zero-order valence-corrected chi connectivity index (χ0v) is 45.1. The molecule has 0 amide bonds. The topological polar surface area (TPSA) is 181 Å². The van der Waals surface area contributed by atoms with Crippen LogP contribution in [0, 0.1) is 0 Å². The van der Waals surface area contributed by atoms with E-state index in [9.17, 15) is 29.4 Å². The molecule has 0 saturated carbocycles. The van der Waals surface area contributed by atoms with E-state index < -0.39 is 55.2 Å². The first-order chi connectivity index (χ1) is 32.7. The van der Waals surface area contributed by atoms with E-state index in [1.165, 1.54) is 16.1 Å². The van der Waals surface area contributed by atoms with E-state index in [0.717, 1.165) is 70.4 Å². The Balaban J connectivity index is 0.000000143. The summed E-state index contributed by atoms with van der Waals surface area (Å²) < 4.78 is 24.5. The van der Waals surface area contributed by atoms with Gasteiger partial charge in [0, 0.05) is 16.5 Å². The molecule has 0 bridgehead atoms. The summed E-state index contributed by atoms with van der Waals surface area (Å²) >= 11 is -3.13. The standard InChI is InChI=1S/C25H28GeN2O4.C20H16N2O4.C8H18GeO2/c1-5-25(31)13-21(29)32-23-18(25)12-20-22-17(14-28(20)24(23)30)15(10-11-26(2,3)4)16-8-6-7-9-19(16)27-22;1-2-20(25)9-16(23)26-18-13(20)8-15-17-12(10-22(15)19(18)24)7-11-5-3-4-6-14(11)21-17;1-9(2,3)5-4-8-10-6-7-11-8/h6-9,12,31H,5,10-11,13-14H2,1-4H3;3-8,25H,2,9-10H2,1H3;8H,4-7H2,1-3H3/t25-;20-;/m11./s1. The summed E-state index contributed by atoms with van der Waals surface area (Å²) in [5.74, 6) is 13.3. The van der Waals surface area contributed by atoms with Crippen LogP contribution in [0.3, 0.4) is 0 Å². The Morgan fingerprint density at radius 1 is 0.667 bits per heavy atom. The van der Waals surface area contributed by atoms with Crippen molar-refractivity contribution < 1.29 is 38.7 Å². The van der Waals surface area contributed by atoms with Gasteiger partial charge in [-0.05, 0) is 24.6 Å². The maximum atomic E-state index is 13.4. The molecule has 14 nitrogen and oxygen atoms in total. The molecule has 2 N–H and O–H groups in total. The van der Waals surface area contributed by atoms with Crippen molar-refractivity contribution in [2.75, 3.05) is 13.2 Å². The van der Waals surface area contributed by atoms with E-state index >= 15 is 0 Å². The Labute approximate surface area is 406 Å². The van der Waals surface area contributed by atoms with Crippen LogP contribution < -0.4 is 20.6 Å².